The van der Waals surface area contributed by atoms with Gasteiger partial charge in [-0.2, -0.15) is 0 Å². The number of aromatic nitrogens is 1. The van der Waals surface area contributed by atoms with Crippen molar-refractivity contribution in [1.29, 1.82) is 0 Å². The predicted octanol–water partition coefficient (Wildman–Crippen LogP) is 2.57. The average molecular weight is 365 g/mol. The van der Waals surface area contributed by atoms with Crippen molar-refractivity contribution in [3.63, 3.8) is 0 Å². The van der Waals surface area contributed by atoms with E-state index in [2.05, 4.69) is 15.0 Å². The number of hydrogen-bond acceptors (Lipinski definition) is 5. The van der Waals surface area contributed by atoms with E-state index in [0.717, 1.165) is 25.0 Å². The van der Waals surface area contributed by atoms with Crippen LogP contribution in [0.15, 0.2) is 29.2 Å². The molecule has 1 aliphatic carbocycles. The number of hydrogen-bond donors (Lipinski definition) is 2. The Morgan fingerprint density at radius 3 is 2.54 bits per heavy atom. The Kier molecular flexibility index (Phi) is 4.71. The zero-order valence-electron chi connectivity index (χ0n) is 13.5. The van der Waals surface area contributed by atoms with Gasteiger partial charge in [0.15, 0.2) is 5.13 Å². The number of anilines is 1. The van der Waals surface area contributed by atoms with Gasteiger partial charge in [-0.25, -0.2) is 18.1 Å². The van der Waals surface area contributed by atoms with Gasteiger partial charge in [-0.05, 0) is 57.4 Å². The lowest BCUT2D eigenvalue weighted by atomic mass is 10.2. The van der Waals surface area contributed by atoms with Crippen LogP contribution in [0.5, 0.6) is 0 Å². The number of nitrogens with one attached hydrogen (secondary N) is 2. The molecule has 0 atom stereocenters. The lowest BCUT2D eigenvalue weighted by Gasteiger charge is -2.10. The summed E-state index contributed by atoms with van der Waals surface area (Å²) in [5, 5.41) is 3.38. The molecule has 0 fully saturated rings. The maximum atomic E-state index is 12.3. The summed E-state index contributed by atoms with van der Waals surface area (Å²) in [5.41, 5.74) is 1.48. The molecule has 8 heteroatoms. The van der Waals surface area contributed by atoms with Gasteiger partial charge in [0.25, 0.3) is 5.91 Å². The summed E-state index contributed by atoms with van der Waals surface area (Å²) in [6.45, 7) is 3.51. The standard InChI is InChI=1S/C16H19N3O3S2/c1-10(2)19-24(21,22)12-8-6-11(7-9-12)15(20)18-16-17-13-4-3-5-14(13)23-16/h6-10,19H,3-5H2,1-2H3,(H,17,18,20). The lowest BCUT2D eigenvalue weighted by Crippen LogP contribution is -2.30. The monoisotopic (exact) mass is 365 g/mol. The van der Waals surface area contributed by atoms with E-state index < -0.39 is 10.0 Å². The minimum atomic E-state index is -3.55. The Morgan fingerprint density at radius 1 is 1.21 bits per heavy atom. The average Bonchev–Trinajstić information content (AvgIpc) is 3.07. The van der Waals surface area contributed by atoms with Crippen LogP contribution in [0.3, 0.4) is 0 Å². The van der Waals surface area contributed by atoms with E-state index in [-0.39, 0.29) is 16.8 Å². The van der Waals surface area contributed by atoms with Gasteiger partial charge in [0.05, 0.1) is 10.6 Å². The molecule has 2 N–H and O–H groups in total. The number of benzene rings is 1. The molecule has 1 aromatic heterocycles. The van der Waals surface area contributed by atoms with Gasteiger partial charge in [-0.3, -0.25) is 10.1 Å². The molecule has 0 radical (unpaired) electrons. The van der Waals surface area contributed by atoms with Crippen molar-refractivity contribution in [3.8, 4) is 0 Å². The Morgan fingerprint density at radius 2 is 1.92 bits per heavy atom. The van der Waals surface area contributed by atoms with Crippen molar-refractivity contribution in [2.45, 2.75) is 44.0 Å². The zero-order chi connectivity index (χ0) is 17.3. The molecule has 0 saturated carbocycles. The third-order valence-corrected chi connectivity index (χ3v) is 6.38. The molecular weight excluding hydrogens is 346 g/mol. The van der Waals surface area contributed by atoms with Gasteiger partial charge in [0.1, 0.15) is 0 Å². The number of thiazole rings is 1. The Hall–Kier alpha value is -1.77. The maximum Gasteiger partial charge on any atom is 0.257 e. The highest BCUT2D eigenvalue weighted by Crippen LogP contribution is 2.30. The van der Waals surface area contributed by atoms with Crippen LogP contribution < -0.4 is 10.0 Å². The summed E-state index contributed by atoms with van der Waals surface area (Å²) in [4.78, 5) is 18.1. The highest BCUT2D eigenvalue weighted by molar-refractivity contribution is 7.89. The molecule has 1 aliphatic rings. The van der Waals surface area contributed by atoms with Crippen LogP contribution in [-0.4, -0.2) is 25.4 Å². The third kappa shape index (κ3) is 3.66. The normalized spacial score (nSPS) is 14.0. The van der Waals surface area contributed by atoms with Crippen molar-refractivity contribution in [3.05, 3.63) is 40.4 Å². The highest BCUT2D eigenvalue weighted by Gasteiger charge is 2.19. The molecule has 0 saturated heterocycles. The van der Waals surface area contributed by atoms with Crippen LogP contribution >= 0.6 is 11.3 Å². The molecule has 3 rings (SSSR count). The predicted molar refractivity (Wildman–Crippen MR) is 94.0 cm³/mol. The molecular formula is C16H19N3O3S2. The van der Waals surface area contributed by atoms with Crippen LogP contribution in [0.25, 0.3) is 0 Å². The van der Waals surface area contributed by atoms with Crippen molar-refractivity contribution in [2.75, 3.05) is 5.32 Å². The first-order valence-electron chi connectivity index (χ1n) is 7.77. The molecule has 1 aromatic carbocycles. The van der Waals surface area contributed by atoms with E-state index in [1.165, 1.54) is 40.5 Å². The Balaban J connectivity index is 1.71. The SMILES string of the molecule is CC(C)NS(=O)(=O)c1ccc(C(=O)Nc2nc3c(s2)CCC3)cc1. The van der Waals surface area contributed by atoms with Gasteiger partial charge >= 0.3 is 0 Å². The first-order chi connectivity index (χ1) is 11.3. The summed E-state index contributed by atoms with van der Waals surface area (Å²) in [6.07, 6.45) is 3.12. The lowest BCUT2D eigenvalue weighted by molar-refractivity contribution is 0.102. The number of aryl methyl sites for hydroxylation is 2. The molecule has 128 valence electrons. The summed E-state index contributed by atoms with van der Waals surface area (Å²) >= 11 is 1.51. The largest absolute Gasteiger partial charge is 0.298 e. The highest BCUT2D eigenvalue weighted by atomic mass is 32.2. The fourth-order valence-corrected chi connectivity index (χ4v) is 4.87. The van der Waals surface area contributed by atoms with E-state index in [1.807, 2.05) is 0 Å². The van der Waals surface area contributed by atoms with Gasteiger partial charge in [0.2, 0.25) is 10.0 Å². The summed E-state index contributed by atoms with van der Waals surface area (Å²) in [5.74, 6) is -0.289. The number of carbonyl (C=O) groups excluding carboxylic acids is 1. The van der Waals surface area contributed by atoms with Crippen LogP contribution in [0.1, 0.15) is 41.2 Å². The van der Waals surface area contributed by atoms with Crippen LogP contribution in [0.2, 0.25) is 0 Å². The van der Waals surface area contributed by atoms with Gasteiger partial charge in [-0.1, -0.05) is 0 Å². The summed E-state index contributed by atoms with van der Waals surface area (Å²) in [6, 6.07) is 5.68. The molecule has 0 spiro atoms. The maximum absolute atomic E-state index is 12.3. The smallest absolute Gasteiger partial charge is 0.257 e. The van der Waals surface area contributed by atoms with Crippen LogP contribution in [0.4, 0.5) is 5.13 Å². The van der Waals surface area contributed by atoms with Crippen molar-refractivity contribution < 1.29 is 13.2 Å². The van der Waals surface area contributed by atoms with Crippen LogP contribution in [0, 0.1) is 0 Å². The third-order valence-electron chi connectivity index (χ3n) is 3.63. The molecule has 0 unspecified atom stereocenters. The van der Waals surface area contributed by atoms with E-state index in [4.69, 9.17) is 0 Å². The van der Waals surface area contributed by atoms with Crippen molar-refractivity contribution in [1.82, 2.24) is 9.71 Å². The van der Waals surface area contributed by atoms with E-state index >= 15 is 0 Å². The fourth-order valence-electron chi connectivity index (χ4n) is 2.58. The quantitative estimate of drug-likeness (QED) is 0.852. The number of amides is 1. The van der Waals surface area contributed by atoms with Gasteiger partial charge in [-0.15, -0.1) is 11.3 Å². The summed E-state index contributed by atoms with van der Waals surface area (Å²) < 4.78 is 26.7. The Bertz CT molecular complexity index is 834. The Labute approximate surface area is 145 Å². The topological polar surface area (TPSA) is 88.2 Å². The van der Waals surface area contributed by atoms with Crippen molar-refractivity contribution >= 4 is 32.4 Å². The second-order valence-electron chi connectivity index (χ2n) is 6.00. The number of nitrogens with zero attached hydrogens (tertiary/aromatic N) is 1. The number of fused-ring (bicyclic) bond motifs is 1. The number of carbonyl (C=O) groups is 1. The fraction of sp³-hybridized carbons (Fsp3) is 0.375. The molecule has 24 heavy (non-hydrogen) atoms. The zero-order valence-corrected chi connectivity index (χ0v) is 15.1. The minimum absolute atomic E-state index is 0.140. The van der Waals surface area contributed by atoms with E-state index in [9.17, 15) is 13.2 Å². The van der Waals surface area contributed by atoms with E-state index in [0.29, 0.717) is 10.7 Å². The van der Waals surface area contributed by atoms with Gasteiger partial charge < -0.3 is 0 Å². The van der Waals surface area contributed by atoms with Gasteiger partial charge in [0, 0.05) is 16.5 Å². The minimum Gasteiger partial charge on any atom is -0.298 e. The first kappa shape index (κ1) is 17.1. The van der Waals surface area contributed by atoms with Crippen molar-refractivity contribution in [2.24, 2.45) is 0 Å². The molecule has 1 heterocycles. The first-order valence-corrected chi connectivity index (χ1v) is 10.1. The summed E-state index contributed by atoms with van der Waals surface area (Å²) in [7, 11) is -3.55. The van der Waals surface area contributed by atoms with E-state index in [1.54, 1.807) is 13.8 Å². The van der Waals surface area contributed by atoms with Crippen LogP contribution in [-0.2, 0) is 22.9 Å². The molecule has 6 nitrogen and oxygen atoms in total. The molecule has 0 aliphatic heterocycles. The second-order valence-corrected chi connectivity index (χ2v) is 8.79. The second kappa shape index (κ2) is 6.62. The number of sulfonamides is 1. The number of rotatable bonds is 5. The molecule has 2 aromatic rings. The molecule has 1 amide bonds. The molecule has 0 bridgehead atoms.